The Balaban J connectivity index is 2.01. The summed E-state index contributed by atoms with van der Waals surface area (Å²) in [4.78, 5) is 16.0. The van der Waals surface area contributed by atoms with E-state index in [1.165, 1.54) is 25.3 Å². The molecule has 3 nitrogen and oxygen atoms in total. The highest BCUT2D eigenvalue weighted by Gasteiger charge is 2.09. The Bertz CT molecular complexity index is 614. The second-order valence-corrected chi connectivity index (χ2v) is 4.74. The Labute approximate surface area is 121 Å². The van der Waals surface area contributed by atoms with E-state index in [0.717, 1.165) is 5.56 Å². The summed E-state index contributed by atoms with van der Waals surface area (Å²) < 4.78 is 17.9. The lowest BCUT2D eigenvalue weighted by molar-refractivity contribution is -0.117. The van der Waals surface area contributed by atoms with Crippen LogP contribution in [0.25, 0.3) is 0 Å². The van der Waals surface area contributed by atoms with Crippen molar-refractivity contribution >= 4 is 17.4 Å². The lowest BCUT2D eigenvalue weighted by atomic mass is 10.0. The van der Waals surface area contributed by atoms with E-state index in [1.807, 2.05) is 0 Å². The summed E-state index contributed by atoms with van der Waals surface area (Å²) in [5.41, 5.74) is 1.42. The molecule has 1 aromatic heterocycles. The van der Waals surface area contributed by atoms with Gasteiger partial charge >= 0.3 is 0 Å². The van der Waals surface area contributed by atoms with Gasteiger partial charge in [0.25, 0.3) is 0 Å². The maximum atomic E-state index is 12.9. The van der Waals surface area contributed by atoms with E-state index in [2.05, 4.69) is 4.98 Å². The summed E-state index contributed by atoms with van der Waals surface area (Å²) in [6.07, 6.45) is 2.03. The fraction of sp³-hybridized carbons (Fsp3) is 0.200. The summed E-state index contributed by atoms with van der Waals surface area (Å²) in [7, 11) is 1.53. The molecule has 0 aliphatic carbocycles. The molecule has 0 bridgehead atoms. The normalized spacial score (nSPS) is 10.3. The van der Waals surface area contributed by atoms with Gasteiger partial charge < -0.3 is 4.74 Å². The van der Waals surface area contributed by atoms with Gasteiger partial charge in [0.2, 0.25) is 5.88 Å². The number of Topliss-reactive ketones (excluding diaryl/α,β-unsaturated/α-hetero) is 1. The zero-order valence-corrected chi connectivity index (χ0v) is 11.7. The molecular weight excluding hydrogens is 281 g/mol. The van der Waals surface area contributed by atoms with Gasteiger partial charge in [-0.25, -0.2) is 9.37 Å². The quantitative estimate of drug-likeness (QED) is 0.849. The molecule has 0 aliphatic heterocycles. The van der Waals surface area contributed by atoms with E-state index < -0.39 is 5.82 Å². The van der Waals surface area contributed by atoms with Gasteiger partial charge in [-0.3, -0.25) is 4.79 Å². The van der Waals surface area contributed by atoms with Gasteiger partial charge in [0.1, 0.15) is 11.6 Å². The number of carbonyl (C=O) groups is 1. The highest BCUT2D eigenvalue weighted by molar-refractivity contribution is 6.31. The molecule has 0 radical (unpaired) electrons. The van der Waals surface area contributed by atoms with Crippen molar-refractivity contribution in [3.63, 3.8) is 0 Å². The first-order chi connectivity index (χ1) is 9.58. The summed E-state index contributed by atoms with van der Waals surface area (Å²) in [5, 5.41) is 0.270. The monoisotopic (exact) mass is 293 g/mol. The molecule has 1 heterocycles. The summed E-state index contributed by atoms with van der Waals surface area (Å²) >= 11 is 5.90. The predicted molar refractivity (Wildman–Crippen MR) is 74.6 cm³/mol. The third-order valence-corrected chi connectivity index (χ3v) is 3.16. The molecule has 0 amide bonds. The molecular formula is C15H13ClFNO2. The molecule has 2 aromatic rings. The average Bonchev–Trinajstić information content (AvgIpc) is 2.43. The SMILES string of the molecule is COc1ccc(CC(=O)Cc2ccc(F)cc2Cl)cn1. The minimum Gasteiger partial charge on any atom is -0.481 e. The molecule has 0 atom stereocenters. The number of aromatic nitrogens is 1. The van der Waals surface area contributed by atoms with Gasteiger partial charge in [-0.05, 0) is 23.3 Å². The maximum Gasteiger partial charge on any atom is 0.212 e. The summed E-state index contributed by atoms with van der Waals surface area (Å²) in [5.74, 6) is 0.0822. The number of halogens is 2. The molecule has 0 saturated heterocycles. The van der Waals surface area contributed by atoms with Crippen LogP contribution in [0.4, 0.5) is 4.39 Å². The van der Waals surface area contributed by atoms with Crippen molar-refractivity contribution in [1.29, 1.82) is 0 Å². The molecule has 0 unspecified atom stereocenters. The number of nitrogens with zero attached hydrogens (tertiary/aromatic N) is 1. The van der Waals surface area contributed by atoms with Crippen molar-refractivity contribution in [3.8, 4) is 5.88 Å². The number of ether oxygens (including phenoxy) is 1. The minimum absolute atomic E-state index is 0.00882. The van der Waals surface area contributed by atoms with Crippen molar-refractivity contribution in [2.24, 2.45) is 0 Å². The molecule has 5 heteroatoms. The zero-order chi connectivity index (χ0) is 14.5. The number of carbonyl (C=O) groups excluding carboxylic acids is 1. The number of benzene rings is 1. The Morgan fingerprint density at radius 2 is 2.10 bits per heavy atom. The highest BCUT2D eigenvalue weighted by atomic mass is 35.5. The van der Waals surface area contributed by atoms with Gasteiger partial charge in [-0.1, -0.05) is 23.7 Å². The Kier molecular flexibility index (Phi) is 4.69. The first-order valence-corrected chi connectivity index (χ1v) is 6.41. The van der Waals surface area contributed by atoms with Crippen LogP contribution >= 0.6 is 11.6 Å². The molecule has 2 rings (SSSR count). The Morgan fingerprint density at radius 1 is 1.30 bits per heavy atom. The first kappa shape index (κ1) is 14.5. The van der Waals surface area contributed by atoms with Crippen LogP contribution in [0.5, 0.6) is 5.88 Å². The van der Waals surface area contributed by atoms with Gasteiger partial charge in [-0.2, -0.15) is 0 Å². The second kappa shape index (κ2) is 6.48. The lowest BCUT2D eigenvalue weighted by Gasteiger charge is -2.05. The topological polar surface area (TPSA) is 39.2 Å². The zero-order valence-electron chi connectivity index (χ0n) is 10.9. The van der Waals surface area contributed by atoms with Crippen LogP contribution in [-0.2, 0) is 17.6 Å². The number of pyridine rings is 1. The van der Waals surface area contributed by atoms with Crippen LogP contribution in [0.2, 0.25) is 5.02 Å². The van der Waals surface area contributed by atoms with Crippen LogP contribution in [0.15, 0.2) is 36.5 Å². The number of methoxy groups -OCH3 is 1. The summed E-state index contributed by atoms with van der Waals surface area (Å²) in [6.45, 7) is 0. The summed E-state index contributed by atoms with van der Waals surface area (Å²) in [6, 6.07) is 7.52. The molecule has 20 heavy (non-hydrogen) atoms. The fourth-order valence-corrected chi connectivity index (χ4v) is 2.04. The number of ketones is 1. The lowest BCUT2D eigenvalue weighted by Crippen LogP contribution is -2.07. The number of rotatable bonds is 5. The van der Waals surface area contributed by atoms with Gasteiger partial charge in [0.15, 0.2) is 0 Å². The smallest absolute Gasteiger partial charge is 0.212 e. The predicted octanol–water partition coefficient (Wildman–Crippen LogP) is 3.24. The average molecular weight is 294 g/mol. The molecule has 0 saturated carbocycles. The standard InChI is InChI=1S/C15H13ClFNO2/c1-20-15-5-2-10(9-18-15)6-13(19)7-11-3-4-12(17)8-14(11)16/h2-5,8-9H,6-7H2,1H3. The fourth-order valence-electron chi connectivity index (χ4n) is 1.80. The number of hydrogen-bond donors (Lipinski definition) is 0. The molecule has 0 fully saturated rings. The molecule has 0 spiro atoms. The van der Waals surface area contributed by atoms with Gasteiger partial charge in [0, 0.05) is 30.1 Å². The van der Waals surface area contributed by atoms with Crippen molar-refractivity contribution in [1.82, 2.24) is 4.98 Å². The van der Waals surface area contributed by atoms with Gasteiger partial charge in [0.05, 0.1) is 7.11 Å². The van der Waals surface area contributed by atoms with E-state index in [9.17, 15) is 9.18 Å². The minimum atomic E-state index is -0.412. The maximum absolute atomic E-state index is 12.9. The molecule has 0 N–H and O–H groups in total. The first-order valence-electron chi connectivity index (χ1n) is 6.03. The van der Waals surface area contributed by atoms with Gasteiger partial charge in [-0.15, -0.1) is 0 Å². The third-order valence-electron chi connectivity index (χ3n) is 2.81. The van der Waals surface area contributed by atoms with E-state index >= 15 is 0 Å². The van der Waals surface area contributed by atoms with Crippen molar-refractivity contribution in [3.05, 3.63) is 58.5 Å². The Morgan fingerprint density at radius 3 is 2.70 bits per heavy atom. The van der Waals surface area contributed by atoms with Crippen molar-refractivity contribution < 1.29 is 13.9 Å². The van der Waals surface area contributed by atoms with Crippen LogP contribution in [-0.4, -0.2) is 17.9 Å². The van der Waals surface area contributed by atoms with E-state index in [-0.39, 0.29) is 23.6 Å². The van der Waals surface area contributed by atoms with E-state index in [4.69, 9.17) is 16.3 Å². The molecule has 104 valence electrons. The Hall–Kier alpha value is -1.94. The highest BCUT2D eigenvalue weighted by Crippen LogP contribution is 2.18. The largest absolute Gasteiger partial charge is 0.481 e. The molecule has 0 aliphatic rings. The third kappa shape index (κ3) is 3.78. The van der Waals surface area contributed by atoms with Crippen LogP contribution in [0.3, 0.4) is 0 Å². The van der Waals surface area contributed by atoms with E-state index in [1.54, 1.807) is 18.3 Å². The second-order valence-electron chi connectivity index (χ2n) is 4.34. The van der Waals surface area contributed by atoms with Crippen molar-refractivity contribution in [2.45, 2.75) is 12.8 Å². The molecule has 1 aromatic carbocycles. The van der Waals surface area contributed by atoms with Crippen LogP contribution in [0.1, 0.15) is 11.1 Å². The number of hydrogen-bond acceptors (Lipinski definition) is 3. The van der Waals surface area contributed by atoms with E-state index in [0.29, 0.717) is 11.4 Å². The van der Waals surface area contributed by atoms with Crippen LogP contribution < -0.4 is 4.74 Å². The van der Waals surface area contributed by atoms with Crippen LogP contribution in [0, 0.1) is 5.82 Å². The van der Waals surface area contributed by atoms with Crippen molar-refractivity contribution in [2.75, 3.05) is 7.11 Å².